The molecular formula is C19H23N3O5S2. The standard InChI is InChI=1S/C19H23N3O5S2/c1-12-10-17(29(26,27)21(4)5)11-18(13(12)2)20-19(23)14(3)28-16-8-6-15(7-9-16)22(24)25/h6-11,14H,1-5H3,(H,20,23). The normalized spacial score (nSPS) is 12.6. The summed E-state index contributed by atoms with van der Waals surface area (Å²) in [6.45, 7) is 5.31. The molecule has 2 aromatic rings. The highest BCUT2D eigenvalue weighted by Crippen LogP contribution is 2.29. The molecule has 2 aromatic carbocycles. The molecular weight excluding hydrogens is 414 g/mol. The number of nitrogens with one attached hydrogen (secondary N) is 1. The van der Waals surface area contributed by atoms with Crippen molar-refractivity contribution in [2.75, 3.05) is 19.4 Å². The molecule has 0 aliphatic heterocycles. The molecule has 0 saturated carbocycles. The van der Waals surface area contributed by atoms with Crippen LogP contribution >= 0.6 is 11.8 Å². The van der Waals surface area contributed by atoms with Crippen LogP contribution in [0, 0.1) is 24.0 Å². The molecule has 0 heterocycles. The number of nitro groups is 1. The van der Waals surface area contributed by atoms with E-state index >= 15 is 0 Å². The van der Waals surface area contributed by atoms with Crippen molar-refractivity contribution in [2.45, 2.75) is 35.8 Å². The largest absolute Gasteiger partial charge is 0.325 e. The van der Waals surface area contributed by atoms with Gasteiger partial charge in [-0.3, -0.25) is 14.9 Å². The highest BCUT2D eigenvalue weighted by atomic mass is 32.2. The lowest BCUT2D eigenvalue weighted by molar-refractivity contribution is -0.384. The van der Waals surface area contributed by atoms with E-state index in [9.17, 15) is 23.3 Å². The average molecular weight is 438 g/mol. The Balaban J connectivity index is 2.21. The Morgan fingerprint density at radius 3 is 2.28 bits per heavy atom. The molecule has 1 N–H and O–H groups in total. The number of carbonyl (C=O) groups excluding carboxylic acids is 1. The van der Waals surface area contributed by atoms with Crippen LogP contribution < -0.4 is 5.32 Å². The van der Waals surface area contributed by atoms with Crippen LogP contribution in [0.5, 0.6) is 0 Å². The van der Waals surface area contributed by atoms with Crippen LogP contribution in [0.3, 0.4) is 0 Å². The summed E-state index contributed by atoms with van der Waals surface area (Å²) in [4.78, 5) is 23.7. The number of hydrogen-bond acceptors (Lipinski definition) is 6. The first-order valence-electron chi connectivity index (χ1n) is 8.69. The van der Waals surface area contributed by atoms with E-state index < -0.39 is 20.2 Å². The lowest BCUT2D eigenvalue weighted by Crippen LogP contribution is -2.25. The Morgan fingerprint density at radius 1 is 1.17 bits per heavy atom. The molecule has 0 saturated heterocycles. The summed E-state index contributed by atoms with van der Waals surface area (Å²) >= 11 is 1.25. The van der Waals surface area contributed by atoms with Crippen LogP contribution in [0.2, 0.25) is 0 Å². The van der Waals surface area contributed by atoms with Crippen LogP contribution in [0.1, 0.15) is 18.1 Å². The summed E-state index contributed by atoms with van der Waals surface area (Å²) in [5, 5.41) is 13.0. The minimum absolute atomic E-state index is 0.0172. The fourth-order valence-electron chi connectivity index (χ4n) is 2.45. The lowest BCUT2D eigenvalue weighted by Gasteiger charge is -2.18. The maximum absolute atomic E-state index is 12.7. The Labute approximate surface area is 174 Å². The number of hydrogen-bond donors (Lipinski definition) is 1. The highest BCUT2D eigenvalue weighted by molar-refractivity contribution is 8.00. The predicted molar refractivity (Wildman–Crippen MR) is 114 cm³/mol. The van der Waals surface area contributed by atoms with E-state index in [1.807, 2.05) is 6.92 Å². The van der Waals surface area contributed by atoms with Gasteiger partial charge in [-0.05, 0) is 56.2 Å². The summed E-state index contributed by atoms with van der Waals surface area (Å²) < 4.78 is 26.0. The Morgan fingerprint density at radius 2 is 1.76 bits per heavy atom. The van der Waals surface area contributed by atoms with Gasteiger partial charge >= 0.3 is 0 Å². The molecule has 1 atom stereocenters. The van der Waals surface area contributed by atoms with Crippen molar-refractivity contribution in [1.82, 2.24) is 4.31 Å². The molecule has 10 heteroatoms. The van der Waals surface area contributed by atoms with Gasteiger partial charge in [-0.15, -0.1) is 11.8 Å². The molecule has 0 radical (unpaired) electrons. The molecule has 0 aliphatic rings. The third-order valence-electron chi connectivity index (χ3n) is 4.41. The predicted octanol–water partition coefficient (Wildman–Crippen LogP) is 3.58. The molecule has 1 amide bonds. The number of carbonyl (C=O) groups is 1. The van der Waals surface area contributed by atoms with Crippen LogP contribution in [0.4, 0.5) is 11.4 Å². The van der Waals surface area contributed by atoms with Crippen molar-refractivity contribution >= 4 is 39.1 Å². The van der Waals surface area contributed by atoms with E-state index in [4.69, 9.17) is 0 Å². The van der Waals surface area contributed by atoms with E-state index in [0.29, 0.717) is 5.69 Å². The molecule has 0 spiro atoms. The summed E-state index contributed by atoms with van der Waals surface area (Å²) in [5.74, 6) is -0.296. The van der Waals surface area contributed by atoms with E-state index in [1.165, 1.54) is 44.1 Å². The van der Waals surface area contributed by atoms with Gasteiger partial charge < -0.3 is 5.32 Å². The zero-order chi connectivity index (χ0) is 21.9. The fraction of sp³-hybridized carbons (Fsp3) is 0.316. The van der Waals surface area contributed by atoms with Gasteiger partial charge in [-0.1, -0.05) is 0 Å². The van der Waals surface area contributed by atoms with Crippen molar-refractivity contribution in [3.63, 3.8) is 0 Å². The fourth-order valence-corrected chi connectivity index (χ4v) is 4.34. The minimum atomic E-state index is -3.63. The molecule has 1 unspecified atom stereocenters. The Kier molecular flexibility index (Phi) is 7.04. The van der Waals surface area contributed by atoms with Gasteiger partial charge in [0, 0.05) is 36.8 Å². The number of nitrogens with zero attached hydrogens (tertiary/aromatic N) is 2. The maximum Gasteiger partial charge on any atom is 0.269 e. The monoisotopic (exact) mass is 437 g/mol. The Hall–Kier alpha value is -2.43. The number of anilines is 1. The van der Waals surface area contributed by atoms with Gasteiger partial charge in [0.2, 0.25) is 15.9 Å². The number of non-ortho nitro benzene ring substituents is 1. The second-order valence-corrected chi connectivity index (χ2v) is 10.3. The van der Waals surface area contributed by atoms with Crippen molar-refractivity contribution in [1.29, 1.82) is 0 Å². The van der Waals surface area contributed by atoms with E-state index in [0.717, 1.165) is 20.3 Å². The molecule has 0 aromatic heterocycles. The van der Waals surface area contributed by atoms with Gasteiger partial charge in [-0.25, -0.2) is 12.7 Å². The van der Waals surface area contributed by atoms with Gasteiger partial charge in [0.05, 0.1) is 15.1 Å². The lowest BCUT2D eigenvalue weighted by atomic mass is 10.1. The number of benzene rings is 2. The number of sulfonamides is 1. The van der Waals surface area contributed by atoms with Gasteiger partial charge in [0.25, 0.3) is 5.69 Å². The second-order valence-electron chi connectivity index (χ2n) is 6.70. The van der Waals surface area contributed by atoms with Crippen LogP contribution in [-0.2, 0) is 14.8 Å². The summed E-state index contributed by atoms with van der Waals surface area (Å²) in [7, 11) is -0.732. The zero-order valence-electron chi connectivity index (χ0n) is 16.8. The maximum atomic E-state index is 12.7. The number of aryl methyl sites for hydroxylation is 1. The average Bonchev–Trinajstić information content (AvgIpc) is 2.65. The van der Waals surface area contributed by atoms with E-state index in [1.54, 1.807) is 32.0 Å². The van der Waals surface area contributed by atoms with Crippen LogP contribution in [-0.4, -0.2) is 42.9 Å². The summed E-state index contributed by atoms with van der Waals surface area (Å²) in [6, 6.07) is 8.98. The number of thioether (sulfide) groups is 1. The third-order valence-corrected chi connectivity index (χ3v) is 7.31. The van der Waals surface area contributed by atoms with Crippen molar-refractivity contribution in [3.8, 4) is 0 Å². The quantitative estimate of drug-likeness (QED) is 0.403. The van der Waals surface area contributed by atoms with Gasteiger partial charge in [0.15, 0.2) is 0 Å². The zero-order valence-corrected chi connectivity index (χ0v) is 18.4. The van der Waals surface area contributed by atoms with E-state index in [2.05, 4.69) is 5.32 Å². The van der Waals surface area contributed by atoms with Crippen molar-refractivity contribution in [3.05, 3.63) is 57.6 Å². The molecule has 29 heavy (non-hydrogen) atoms. The van der Waals surface area contributed by atoms with Crippen molar-refractivity contribution < 1.29 is 18.1 Å². The summed E-state index contributed by atoms with van der Waals surface area (Å²) in [5.41, 5.74) is 1.95. The molecule has 0 aliphatic carbocycles. The van der Waals surface area contributed by atoms with Crippen LogP contribution in [0.25, 0.3) is 0 Å². The molecule has 8 nitrogen and oxygen atoms in total. The van der Waals surface area contributed by atoms with E-state index in [-0.39, 0.29) is 16.5 Å². The van der Waals surface area contributed by atoms with Gasteiger partial charge in [-0.2, -0.15) is 0 Å². The molecule has 156 valence electrons. The first-order chi connectivity index (χ1) is 13.4. The van der Waals surface area contributed by atoms with Crippen molar-refractivity contribution in [2.24, 2.45) is 0 Å². The molecule has 2 rings (SSSR count). The smallest absolute Gasteiger partial charge is 0.269 e. The SMILES string of the molecule is Cc1cc(S(=O)(=O)N(C)C)cc(NC(=O)C(C)Sc2ccc([N+](=O)[O-])cc2)c1C. The first-order valence-corrected chi connectivity index (χ1v) is 11.0. The minimum Gasteiger partial charge on any atom is -0.325 e. The second kappa shape index (κ2) is 8.93. The Bertz CT molecular complexity index is 1030. The van der Waals surface area contributed by atoms with Crippen LogP contribution in [0.15, 0.2) is 46.2 Å². The number of rotatable bonds is 7. The summed E-state index contributed by atoms with van der Waals surface area (Å²) in [6.07, 6.45) is 0. The number of nitro benzene ring substituents is 1. The first kappa shape index (κ1) is 22.9. The molecule has 0 fully saturated rings. The topological polar surface area (TPSA) is 110 Å². The highest BCUT2D eigenvalue weighted by Gasteiger charge is 2.22. The molecule has 0 bridgehead atoms. The number of amides is 1. The van der Waals surface area contributed by atoms with Gasteiger partial charge in [0.1, 0.15) is 0 Å². The third kappa shape index (κ3) is 5.34.